The fraction of sp³-hybridized carbons (Fsp3) is 0.393. The van der Waals surface area contributed by atoms with E-state index in [2.05, 4.69) is 38.1 Å². The SMILES string of the molecule is C=C(F)COc1c(CCl)c(C(F)(F)F)nn1C.C=C(F)COc1c(CS(=O)c2ncc(Cl)s2)c(C(F)(F)F)nn1C.COC(=O)CCS(=O)c1ncc(Cl)s1. The molecular weight excluding hydrogens is 903 g/mol. The minimum Gasteiger partial charge on any atom is -0.470 e. The van der Waals surface area contributed by atoms with E-state index in [0.717, 1.165) is 32.0 Å². The molecule has 0 spiro atoms. The number of thiazole rings is 2. The van der Waals surface area contributed by atoms with Crippen molar-refractivity contribution in [1.82, 2.24) is 29.5 Å². The summed E-state index contributed by atoms with van der Waals surface area (Å²) in [5, 5.41) is 6.61. The molecule has 0 aliphatic carbocycles. The van der Waals surface area contributed by atoms with Crippen LogP contribution in [0.4, 0.5) is 35.1 Å². The third-order valence-corrected chi connectivity index (χ3v) is 11.7. The summed E-state index contributed by atoms with van der Waals surface area (Å²) in [6, 6.07) is 0. The van der Waals surface area contributed by atoms with Crippen molar-refractivity contribution in [3.05, 3.63) is 68.4 Å². The molecule has 4 aromatic rings. The standard InChI is InChI=1S/C12H10ClF4N3O2S2.C9H9ClF4N2O.C7H8ClNO3S2/c1-6(14)4-22-10-7(9(12(15,16)17)19-20(10)2)5-24(21)11-18-3-8(13)23-11;1-5(11)4-17-8-6(3-10)7(9(12,13)14)15-16(8)2;1-12-6(10)2-3-14(11)7-9-4-5(8)13-7/h3H,1,4-5H2,2H3;1,3-4H2,2H3;4H,2-3H2,1H3. The van der Waals surface area contributed by atoms with Crippen molar-refractivity contribution < 1.29 is 62.5 Å². The fourth-order valence-corrected chi connectivity index (χ4v) is 8.74. The number of carbonyl (C=O) groups excluding carboxylic acids is 1. The number of hydrogen-bond acceptors (Lipinski definition) is 12. The number of nitrogens with zero attached hydrogens (tertiary/aromatic N) is 6. The Morgan fingerprint density at radius 2 is 1.24 bits per heavy atom. The molecule has 0 saturated heterocycles. The predicted molar refractivity (Wildman–Crippen MR) is 190 cm³/mol. The van der Waals surface area contributed by atoms with E-state index < -0.39 is 87.4 Å². The Bertz CT molecular complexity index is 2000. The Balaban J connectivity index is 0.000000298. The van der Waals surface area contributed by atoms with Crippen molar-refractivity contribution in [2.24, 2.45) is 14.1 Å². The largest absolute Gasteiger partial charge is 0.470 e. The third-order valence-electron chi connectivity index (χ3n) is 5.87. The van der Waals surface area contributed by atoms with Crippen LogP contribution in [0.5, 0.6) is 11.8 Å². The lowest BCUT2D eigenvalue weighted by molar-refractivity contribution is -0.142. The van der Waals surface area contributed by atoms with Gasteiger partial charge in [0.15, 0.2) is 20.1 Å². The number of rotatable bonds is 14. The number of carbonyl (C=O) groups is 1. The lowest BCUT2D eigenvalue weighted by Gasteiger charge is -2.09. The quantitative estimate of drug-likeness (QED) is 0.0691. The van der Waals surface area contributed by atoms with Crippen LogP contribution >= 0.6 is 57.5 Å². The van der Waals surface area contributed by atoms with Gasteiger partial charge in [-0.1, -0.05) is 59.0 Å². The molecule has 306 valence electrons. The molecule has 0 saturated carbocycles. The van der Waals surface area contributed by atoms with Crippen LogP contribution in [0.3, 0.4) is 0 Å². The zero-order chi connectivity index (χ0) is 41.8. The molecule has 0 radical (unpaired) electrons. The zero-order valence-electron chi connectivity index (χ0n) is 28.2. The Morgan fingerprint density at radius 1 is 0.818 bits per heavy atom. The van der Waals surface area contributed by atoms with Crippen LogP contribution < -0.4 is 9.47 Å². The molecule has 0 N–H and O–H groups in total. The number of aromatic nitrogens is 6. The van der Waals surface area contributed by atoms with Crippen LogP contribution in [0.25, 0.3) is 0 Å². The van der Waals surface area contributed by atoms with E-state index in [1.807, 2.05) is 0 Å². The molecule has 0 aromatic carbocycles. The summed E-state index contributed by atoms with van der Waals surface area (Å²) >= 11 is 18.8. The van der Waals surface area contributed by atoms with Gasteiger partial charge in [-0.25, -0.2) is 28.1 Å². The molecule has 4 aromatic heterocycles. The van der Waals surface area contributed by atoms with Crippen molar-refractivity contribution in [1.29, 1.82) is 0 Å². The van der Waals surface area contributed by atoms with E-state index >= 15 is 0 Å². The molecular formula is C28H27Cl3F8N6O6S4. The van der Waals surface area contributed by atoms with Crippen LogP contribution in [0.1, 0.15) is 28.9 Å². The van der Waals surface area contributed by atoms with Crippen molar-refractivity contribution >= 4 is 85.0 Å². The molecule has 0 bridgehead atoms. The van der Waals surface area contributed by atoms with Gasteiger partial charge in [0.25, 0.3) is 0 Å². The maximum atomic E-state index is 13.1. The minimum absolute atomic E-state index is 0.0674. The molecule has 2 atom stereocenters. The normalized spacial score (nSPS) is 12.5. The zero-order valence-corrected chi connectivity index (χ0v) is 33.8. The van der Waals surface area contributed by atoms with Gasteiger partial charge in [-0.3, -0.25) is 13.2 Å². The Hall–Kier alpha value is -3.16. The topological polar surface area (TPSA) is 140 Å². The highest BCUT2D eigenvalue weighted by atomic mass is 35.5. The van der Waals surface area contributed by atoms with Gasteiger partial charge in [0.2, 0.25) is 11.8 Å². The van der Waals surface area contributed by atoms with Gasteiger partial charge in [-0.15, -0.1) is 11.6 Å². The molecule has 0 aliphatic rings. The first-order valence-corrected chi connectivity index (χ1v) is 19.9. The van der Waals surface area contributed by atoms with Crippen LogP contribution in [-0.2, 0) is 69.2 Å². The summed E-state index contributed by atoms with van der Waals surface area (Å²) in [7, 11) is 0.596. The number of aryl methyl sites for hydroxylation is 2. The number of alkyl halides is 7. The maximum Gasteiger partial charge on any atom is 0.435 e. The first kappa shape index (κ1) is 48.0. The number of hydrogen-bond donors (Lipinski definition) is 0. The summed E-state index contributed by atoms with van der Waals surface area (Å²) in [5.41, 5.74) is -3.14. The number of ether oxygens (including phenoxy) is 3. The summed E-state index contributed by atoms with van der Waals surface area (Å²) in [5.74, 6) is -3.37. The van der Waals surface area contributed by atoms with Gasteiger partial charge in [0.1, 0.15) is 33.5 Å². The van der Waals surface area contributed by atoms with E-state index in [1.54, 1.807) is 0 Å². The van der Waals surface area contributed by atoms with Gasteiger partial charge in [-0.05, 0) is 0 Å². The third kappa shape index (κ3) is 15.0. The average Bonchev–Trinajstić information content (AvgIpc) is 3.87. The second-order valence-electron chi connectivity index (χ2n) is 9.98. The lowest BCUT2D eigenvalue weighted by atomic mass is 10.2. The molecule has 27 heteroatoms. The van der Waals surface area contributed by atoms with Crippen molar-refractivity contribution in [3.8, 4) is 11.8 Å². The second kappa shape index (κ2) is 21.4. The van der Waals surface area contributed by atoms with Crippen LogP contribution in [0.2, 0.25) is 8.67 Å². The molecule has 12 nitrogen and oxygen atoms in total. The molecule has 4 heterocycles. The smallest absolute Gasteiger partial charge is 0.435 e. The van der Waals surface area contributed by atoms with E-state index in [9.17, 15) is 48.3 Å². The first-order chi connectivity index (χ1) is 25.5. The van der Waals surface area contributed by atoms with Crippen molar-refractivity contribution in [2.75, 3.05) is 26.1 Å². The summed E-state index contributed by atoms with van der Waals surface area (Å²) in [4.78, 5) is 18.4. The highest BCUT2D eigenvalue weighted by Crippen LogP contribution is 2.38. The molecule has 0 amide bonds. The van der Waals surface area contributed by atoms with Gasteiger partial charge >= 0.3 is 18.3 Å². The molecule has 0 aliphatic heterocycles. The molecule has 2 unspecified atom stereocenters. The van der Waals surface area contributed by atoms with Gasteiger partial charge < -0.3 is 14.2 Å². The highest BCUT2D eigenvalue weighted by Gasteiger charge is 2.41. The molecule has 55 heavy (non-hydrogen) atoms. The van der Waals surface area contributed by atoms with E-state index in [1.165, 1.54) is 33.6 Å². The molecule has 4 rings (SSSR count). The Kier molecular flexibility index (Phi) is 18.7. The van der Waals surface area contributed by atoms with Crippen molar-refractivity contribution in [2.45, 2.75) is 39.1 Å². The number of esters is 1. The van der Waals surface area contributed by atoms with Crippen LogP contribution in [0, 0.1) is 0 Å². The van der Waals surface area contributed by atoms with E-state index in [0.29, 0.717) is 8.68 Å². The van der Waals surface area contributed by atoms with Gasteiger partial charge in [-0.2, -0.15) is 36.5 Å². The predicted octanol–water partition coefficient (Wildman–Crippen LogP) is 8.23. The lowest BCUT2D eigenvalue weighted by Crippen LogP contribution is -2.11. The molecule has 0 fully saturated rings. The maximum absolute atomic E-state index is 13.1. The second-order valence-corrected chi connectivity index (χ2v) is 16.9. The van der Waals surface area contributed by atoms with Gasteiger partial charge in [0.05, 0.1) is 70.3 Å². The number of halogens is 11. The van der Waals surface area contributed by atoms with Crippen LogP contribution in [-0.4, -0.2) is 70.0 Å². The Labute approximate surface area is 334 Å². The Morgan fingerprint density at radius 3 is 1.60 bits per heavy atom. The summed E-state index contributed by atoms with van der Waals surface area (Å²) in [6.45, 7) is 4.72. The van der Waals surface area contributed by atoms with Gasteiger partial charge in [0, 0.05) is 19.8 Å². The highest BCUT2D eigenvalue weighted by molar-refractivity contribution is 7.87. The first-order valence-electron chi connectivity index (χ1n) is 14.3. The van der Waals surface area contributed by atoms with E-state index in [-0.39, 0.29) is 44.1 Å². The average molecular weight is 930 g/mol. The summed E-state index contributed by atoms with van der Waals surface area (Å²) in [6.07, 6.45) is -6.60. The van der Waals surface area contributed by atoms with Crippen LogP contribution in [0.15, 0.2) is 45.9 Å². The summed E-state index contributed by atoms with van der Waals surface area (Å²) < 4.78 is 143. The minimum atomic E-state index is -4.79. The van der Waals surface area contributed by atoms with Crippen molar-refractivity contribution in [3.63, 3.8) is 0 Å². The fourth-order valence-electron chi connectivity index (χ4n) is 3.71. The van der Waals surface area contributed by atoms with E-state index in [4.69, 9.17) is 44.3 Å². The number of methoxy groups -OCH3 is 1. The monoisotopic (exact) mass is 928 g/mol.